The first-order valence-corrected chi connectivity index (χ1v) is 16.8. The molecule has 0 saturated heterocycles. The number of methoxy groups -OCH3 is 1. The van der Waals surface area contributed by atoms with Gasteiger partial charge in [0, 0.05) is 48.3 Å². The molecule has 4 aromatic rings. The topological polar surface area (TPSA) is 68.1 Å². The summed E-state index contributed by atoms with van der Waals surface area (Å²) in [6.45, 7) is 2.68. The van der Waals surface area contributed by atoms with Crippen molar-refractivity contribution in [3.63, 3.8) is 0 Å². The molecule has 0 spiro atoms. The first-order chi connectivity index (χ1) is 22.3. The van der Waals surface area contributed by atoms with Crippen molar-refractivity contribution < 1.29 is 60.9 Å². The molecule has 4 aromatic carbocycles. The molecule has 0 radical (unpaired) electrons. The van der Waals surface area contributed by atoms with Crippen LogP contribution >= 0.6 is 7.07 Å². The number of benzene rings is 4. The van der Waals surface area contributed by atoms with Crippen molar-refractivity contribution in [3.8, 4) is 23.0 Å². The Hall–Kier alpha value is -3.18. The fourth-order valence-corrected chi connectivity index (χ4v) is 4.88. The molecule has 0 aliphatic carbocycles. The van der Waals surface area contributed by atoms with E-state index < -0.39 is 7.07 Å². The Labute approximate surface area is 318 Å². The SMILES string of the molecule is [CH2-]N([CH2-])CCc1ccc(O[P+](=S)N(C)/N=C/c2ccc(OC=Cc3ccc(OC(C)/N=C/c4ccc(OC)cc4)cc3)cc2)cc1.[W].[W]. The minimum Gasteiger partial charge on any atom is -0.610 e. The van der Waals surface area contributed by atoms with Crippen LogP contribution in [0.2, 0.25) is 0 Å². The first-order valence-electron chi connectivity index (χ1n) is 14.5. The second kappa shape index (κ2) is 21.7. The minimum absolute atomic E-state index is 0. The summed E-state index contributed by atoms with van der Waals surface area (Å²) in [5.74, 6) is 2.97. The molecule has 0 amide bonds. The van der Waals surface area contributed by atoms with E-state index in [-0.39, 0.29) is 48.4 Å². The molecule has 12 heteroatoms. The molecule has 8 nitrogen and oxygen atoms in total. The third-order valence-corrected chi connectivity index (χ3v) is 8.39. The molecule has 48 heavy (non-hydrogen) atoms. The van der Waals surface area contributed by atoms with E-state index >= 15 is 0 Å². The quantitative estimate of drug-likeness (QED) is 0.0370. The van der Waals surface area contributed by atoms with Crippen LogP contribution in [0.3, 0.4) is 0 Å². The molecule has 0 aliphatic rings. The smallest absolute Gasteiger partial charge is 0.540 e. The maximum absolute atomic E-state index is 5.91. The summed E-state index contributed by atoms with van der Waals surface area (Å²) < 4.78 is 24.4. The summed E-state index contributed by atoms with van der Waals surface area (Å²) in [5, 5.41) is 4.45. The average Bonchev–Trinajstić information content (AvgIpc) is 3.07. The fraction of sp³-hybridized carbons (Fsp3) is 0.167. The summed E-state index contributed by atoms with van der Waals surface area (Å²) in [5.41, 5.74) is 4.05. The van der Waals surface area contributed by atoms with Crippen LogP contribution in [0.25, 0.3) is 6.08 Å². The van der Waals surface area contributed by atoms with Gasteiger partial charge in [-0.2, -0.15) is 0 Å². The van der Waals surface area contributed by atoms with Gasteiger partial charge < -0.3 is 33.2 Å². The zero-order chi connectivity index (χ0) is 32.7. The Bertz CT molecular complexity index is 1620. The number of hydrogen-bond donors (Lipinski definition) is 0. The summed E-state index contributed by atoms with van der Waals surface area (Å²) in [7, 11) is 9.63. The summed E-state index contributed by atoms with van der Waals surface area (Å²) in [6, 6.07) is 30.9. The van der Waals surface area contributed by atoms with E-state index in [1.165, 1.54) is 5.56 Å². The van der Waals surface area contributed by atoms with Crippen LogP contribution in [-0.4, -0.2) is 49.0 Å². The van der Waals surface area contributed by atoms with Gasteiger partial charge >= 0.3 is 7.07 Å². The van der Waals surface area contributed by atoms with E-state index in [1.54, 1.807) is 42.5 Å². The Morgan fingerprint density at radius 3 is 1.92 bits per heavy atom. The van der Waals surface area contributed by atoms with Gasteiger partial charge in [-0.25, -0.2) is 0 Å². The molecular weight excluding hydrogens is 983 g/mol. The molecule has 0 bridgehead atoms. The van der Waals surface area contributed by atoms with Crippen LogP contribution in [0, 0.1) is 14.1 Å². The van der Waals surface area contributed by atoms with E-state index in [1.807, 2.05) is 110 Å². The Morgan fingerprint density at radius 1 is 0.771 bits per heavy atom. The zero-order valence-electron chi connectivity index (χ0n) is 27.0. The van der Waals surface area contributed by atoms with Gasteiger partial charge in [-0.15, -0.1) is 5.10 Å². The molecule has 0 aliphatic heterocycles. The van der Waals surface area contributed by atoms with Gasteiger partial charge in [0.15, 0.2) is 12.0 Å². The van der Waals surface area contributed by atoms with E-state index in [0.717, 1.165) is 41.2 Å². The van der Waals surface area contributed by atoms with E-state index in [4.69, 9.17) is 30.5 Å². The monoisotopic (exact) mass is 1020 g/mol. The zero-order valence-corrected chi connectivity index (χ0v) is 34.6. The van der Waals surface area contributed by atoms with Crippen LogP contribution in [-0.2, 0) is 60.4 Å². The Morgan fingerprint density at radius 2 is 1.31 bits per heavy atom. The minimum atomic E-state index is -1.36. The van der Waals surface area contributed by atoms with Gasteiger partial charge in [0.2, 0.25) is 11.8 Å². The normalized spacial score (nSPS) is 12.0. The number of ether oxygens (including phenoxy) is 3. The van der Waals surface area contributed by atoms with E-state index in [0.29, 0.717) is 11.5 Å². The van der Waals surface area contributed by atoms with Crippen molar-refractivity contribution in [2.45, 2.75) is 19.6 Å². The van der Waals surface area contributed by atoms with Crippen LogP contribution in [0.4, 0.5) is 0 Å². The van der Waals surface area contributed by atoms with Gasteiger partial charge in [-0.1, -0.05) is 35.6 Å². The molecule has 4 rings (SSSR count). The summed E-state index contributed by atoms with van der Waals surface area (Å²) >= 11 is 5.53. The molecule has 2 atom stereocenters. The molecular formula is C36H38N4O4PSW2-. The first kappa shape index (κ1) is 41.0. The van der Waals surface area contributed by atoms with Crippen molar-refractivity contribution in [1.82, 2.24) is 9.68 Å². The van der Waals surface area contributed by atoms with Crippen LogP contribution < -0.4 is 18.7 Å². The number of rotatable bonds is 16. The predicted molar refractivity (Wildman–Crippen MR) is 191 cm³/mol. The van der Waals surface area contributed by atoms with Gasteiger partial charge in [-0.05, 0) is 114 Å². The van der Waals surface area contributed by atoms with Crippen LogP contribution in [0.1, 0.15) is 29.2 Å². The third-order valence-electron chi connectivity index (χ3n) is 6.51. The second-order valence-corrected chi connectivity index (χ2v) is 12.4. The van der Waals surface area contributed by atoms with Crippen molar-refractivity contribution in [1.29, 1.82) is 0 Å². The van der Waals surface area contributed by atoms with E-state index in [2.05, 4.69) is 24.2 Å². The van der Waals surface area contributed by atoms with Crippen LogP contribution in [0.15, 0.2) is 113 Å². The third kappa shape index (κ3) is 14.5. The van der Waals surface area contributed by atoms with Crippen molar-refractivity contribution in [2.24, 2.45) is 10.1 Å². The number of hydrazone groups is 1. The molecule has 2 unspecified atom stereocenters. The van der Waals surface area contributed by atoms with Crippen molar-refractivity contribution in [3.05, 3.63) is 140 Å². The predicted octanol–water partition coefficient (Wildman–Crippen LogP) is 8.13. The van der Waals surface area contributed by atoms with Gasteiger partial charge in [-0.3, -0.25) is 9.52 Å². The molecule has 0 aromatic heterocycles. The van der Waals surface area contributed by atoms with Gasteiger partial charge in [0.1, 0.15) is 17.2 Å². The molecule has 0 saturated carbocycles. The summed E-state index contributed by atoms with van der Waals surface area (Å²) in [6.07, 6.45) is 7.61. The Kier molecular flexibility index (Phi) is 18.5. The molecule has 250 valence electrons. The molecule has 0 fully saturated rings. The van der Waals surface area contributed by atoms with Crippen molar-refractivity contribution >= 4 is 37.4 Å². The van der Waals surface area contributed by atoms with Crippen molar-refractivity contribution in [2.75, 3.05) is 20.7 Å². The maximum Gasteiger partial charge on any atom is 0.540 e. The van der Waals surface area contributed by atoms with Gasteiger partial charge in [0.05, 0.1) is 26.6 Å². The second-order valence-electron chi connectivity index (χ2n) is 10.2. The average molecular weight is 1020 g/mol. The largest absolute Gasteiger partial charge is 0.610 e. The maximum atomic E-state index is 5.91. The van der Waals surface area contributed by atoms with Crippen LogP contribution in [0.5, 0.6) is 23.0 Å². The fourth-order valence-electron chi connectivity index (χ4n) is 3.94. The number of hydrogen-bond acceptors (Lipinski definition) is 8. The van der Waals surface area contributed by atoms with E-state index in [9.17, 15) is 0 Å². The summed E-state index contributed by atoms with van der Waals surface area (Å²) in [4.78, 5) is 6.13. The number of nitrogens with zero attached hydrogens (tertiary/aromatic N) is 4. The molecule has 0 heterocycles. The standard InChI is InChI=1S/C36H38N4O4PS.2W/c1-28(37-26-31-10-14-33(41-5)15-11-31)43-35-18-6-30(7-19-35)23-25-42-34-16-12-32(13-17-34)27-38-40(4)45(46)44-36-20-8-29(9-21-36)22-24-39(2)3;;/h6-21,23,25-28H,2-3,22,24H2,1,4-5H3;;/q-1;;/b25-23?,37-26+,38-27+;;. The number of aliphatic imine (C=N–C) groups is 1. The van der Waals surface area contributed by atoms with Gasteiger partial charge in [0.25, 0.3) is 0 Å². The molecule has 0 N–H and O–H groups in total. The Balaban J connectivity index is 0.00000400.